The zero-order valence-corrected chi connectivity index (χ0v) is 17.9. The van der Waals surface area contributed by atoms with E-state index in [1.165, 1.54) is 10.5 Å². The molecule has 1 amide bonds. The Morgan fingerprint density at radius 3 is 2.59 bits per heavy atom. The fourth-order valence-electron chi connectivity index (χ4n) is 3.23. The van der Waals surface area contributed by atoms with E-state index in [0.717, 1.165) is 11.1 Å². The molecule has 0 unspecified atom stereocenters. The summed E-state index contributed by atoms with van der Waals surface area (Å²) >= 11 is 0. The van der Waals surface area contributed by atoms with E-state index in [1.807, 2.05) is 50.2 Å². The Hall–Kier alpha value is -4.13. The van der Waals surface area contributed by atoms with Gasteiger partial charge in [-0.1, -0.05) is 30.3 Å². The molecule has 0 saturated heterocycles. The summed E-state index contributed by atoms with van der Waals surface area (Å²) in [6.07, 6.45) is 1.69. The molecule has 0 spiro atoms. The lowest BCUT2D eigenvalue weighted by Crippen LogP contribution is -2.20. The van der Waals surface area contributed by atoms with Gasteiger partial charge in [-0.15, -0.1) is 0 Å². The van der Waals surface area contributed by atoms with Crippen LogP contribution in [0.2, 0.25) is 0 Å². The van der Waals surface area contributed by atoms with E-state index in [-0.39, 0.29) is 24.7 Å². The van der Waals surface area contributed by atoms with Gasteiger partial charge in [0.2, 0.25) is 0 Å². The van der Waals surface area contributed by atoms with Gasteiger partial charge in [-0.3, -0.25) is 14.0 Å². The molecule has 0 atom stereocenters. The predicted molar refractivity (Wildman–Crippen MR) is 122 cm³/mol. The maximum Gasteiger partial charge on any atom is 0.262 e. The Morgan fingerprint density at radius 2 is 1.78 bits per heavy atom. The van der Waals surface area contributed by atoms with Gasteiger partial charge in [0.25, 0.3) is 11.5 Å². The second-order valence-electron chi connectivity index (χ2n) is 7.39. The highest BCUT2D eigenvalue weighted by molar-refractivity contribution is 5.92. The van der Waals surface area contributed by atoms with E-state index >= 15 is 0 Å². The average molecular weight is 429 g/mol. The highest BCUT2D eigenvalue weighted by Crippen LogP contribution is 2.23. The Bertz CT molecular complexity index is 1320. The summed E-state index contributed by atoms with van der Waals surface area (Å²) in [5.74, 6) is 0.950. The van der Waals surface area contributed by atoms with Gasteiger partial charge in [-0.25, -0.2) is 4.98 Å². The van der Waals surface area contributed by atoms with Crippen molar-refractivity contribution in [1.29, 1.82) is 0 Å². The molecule has 162 valence electrons. The van der Waals surface area contributed by atoms with Gasteiger partial charge in [0.05, 0.1) is 5.69 Å². The predicted octanol–water partition coefficient (Wildman–Crippen LogP) is 3.91. The monoisotopic (exact) mass is 429 g/mol. The number of pyridine rings is 1. The van der Waals surface area contributed by atoms with Crippen LogP contribution in [0.25, 0.3) is 5.65 Å². The number of para-hydroxylation sites is 1. The third-order valence-corrected chi connectivity index (χ3v) is 4.90. The lowest BCUT2D eigenvalue weighted by molar-refractivity contribution is -0.118. The molecule has 2 heterocycles. The molecule has 0 fully saturated rings. The standard InChI is InChI=1S/C25H23N3O4/c1-17-10-11-19(26-23(29)16-31-21-8-4-3-5-9-21)13-22(17)32-15-20-14-24(30)28-12-6-7-18(2)25(28)27-20/h3-14H,15-16H2,1-2H3,(H,26,29). The maximum absolute atomic E-state index is 12.4. The van der Waals surface area contributed by atoms with E-state index in [2.05, 4.69) is 10.3 Å². The molecule has 2 aromatic heterocycles. The number of nitrogens with zero attached hydrogens (tertiary/aromatic N) is 2. The summed E-state index contributed by atoms with van der Waals surface area (Å²) in [4.78, 5) is 29.2. The molecule has 0 aliphatic carbocycles. The first-order valence-corrected chi connectivity index (χ1v) is 10.2. The van der Waals surface area contributed by atoms with Crippen molar-refractivity contribution in [2.24, 2.45) is 0 Å². The highest BCUT2D eigenvalue weighted by Gasteiger charge is 2.09. The number of amides is 1. The molecule has 7 heteroatoms. The van der Waals surface area contributed by atoms with Crippen LogP contribution in [-0.2, 0) is 11.4 Å². The van der Waals surface area contributed by atoms with Crippen LogP contribution in [0.4, 0.5) is 5.69 Å². The van der Waals surface area contributed by atoms with Crippen LogP contribution in [-0.4, -0.2) is 21.9 Å². The number of benzene rings is 2. The third kappa shape index (κ3) is 4.95. The van der Waals surface area contributed by atoms with Crippen molar-refractivity contribution in [1.82, 2.24) is 9.38 Å². The summed E-state index contributed by atoms with van der Waals surface area (Å²) in [5, 5.41) is 2.81. The number of carbonyl (C=O) groups is 1. The normalized spacial score (nSPS) is 10.7. The number of nitrogens with one attached hydrogen (secondary N) is 1. The van der Waals surface area contributed by atoms with Crippen molar-refractivity contribution in [3.05, 3.63) is 100 Å². The fraction of sp³-hybridized carbons (Fsp3) is 0.160. The molecule has 7 nitrogen and oxygen atoms in total. The van der Waals surface area contributed by atoms with Gasteiger partial charge in [-0.05, 0) is 49.2 Å². The van der Waals surface area contributed by atoms with E-state index in [4.69, 9.17) is 9.47 Å². The van der Waals surface area contributed by atoms with E-state index in [0.29, 0.717) is 28.5 Å². The first kappa shape index (κ1) is 21.1. The molecule has 0 radical (unpaired) electrons. The zero-order valence-electron chi connectivity index (χ0n) is 17.9. The molecule has 4 rings (SSSR count). The molecule has 0 saturated carbocycles. The number of ether oxygens (including phenoxy) is 2. The molecular formula is C25H23N3O4. The minimum atomic E-state index is -0.275. The van der Waals surface area contributed by atoms with Crippen LogP contribution in [0.1, 0.15) is 16.8 Å². The van der Waals surface area contributed by atoms with Gasteiger partial charge in [-0.2, -0.15) is 0 Å². The third-order valence-electron chi connectivity index (χ3n) is 4.90. The molecule has 0 bridgehead atoms. The number of aromatic nitrogens is 2. The summed E-state index contributed by atoms with van der Waals surface area (Å²) < 4.78 is 12.9. The number of anilines is 1. The second-order valence-corrected chi connectivity index (χ2v) is 7.39. The van der Waals surface area contributed by atoms with Gasteiger partial charge >= 0.3 is 0 Å². The fourth-order valence-corrected chi connectivity index (χ4v) is 3.23. The summed E-state index contributed by atoms with van der Waals surface area (Å²) in [6, 6.07) is 19.7. The van der Waals surface area contributed by atoms with Crippen molar-refractivity contribution < 1.29 is 14.3 Å². The lowest BCUT2D eigenvalue weighted by atomic mass is 10.2. The SMILES string of the molecule is Cc1ccc(NC(=O)COc2ccccc2)cc1OCc1cc(=O)n2cccc(C)c2n1. The summed E-state index contributed by atoms with van der Waals surface area (Å²) in [5.41, 5.74) is 3.38. The minimum absolute atomic E-state index is 0.0988. The van der Waals surface area contributed by atoms with Crippen molar-refractivity contribution in [3.8, 4) is 11.5 Å². The second kappa shape index (κ2) is 9.34. The smallest absolute Gasteiger partial charge is 0.262 e. The number of fused-ring (bicyclic) bond motifs is 1. The molecule has 32 heavy (non-hydrogen) atoms. The number of rotatable bonds is 7. The maximum atomic E-state index is 12.4. The van der Waals surface area contributed by atoms with Gasteiger partial charge < -0.3 is 14.8 Å². The number of carbonyl (C=O) groups excluding carboxylic acids is 1. The van der Waals surface area contributed by atoms with E-state index in [9.17, 15) is 9.59 Å². The van der Waals surface area contributed by atoms with Gasteiger partial charge in [0.1, 0.15) is 23.8 Å². The van der Waals surface area contributed by atoms with Crippen LogP contribution in [0.5, 0.6) is 11.5 Å². The van der Waals surface area contributed by atoms with Crippen molar-refractivity contribution in [3.63, 3.8) is 0 Å². The number of hydrogen-bond acceptors (Lipinski definition) is 5. The van der Waals surface area contributed by atoms with Crippen LogP contribution in [0, 0.1) is 13.8 Å². The summed E-state index contributed by atoms with van der Waals surface area (Å²) in [6.45, 7) is 3.85. The Labute approximate surface area is 185 Å². The first-order valence-electron chi connectivity index (χ1n) is 10.2. The zero-order chi connectivity index (χ0) is 22.5. The Morgan fingerprint density at radius 1 is 0.969 bits per heavy atom. The van der Waals surface area contributed by atoms with Crippen LogP contribution >= 0.6 is 0 Å². The topological polar surface area (TPSA) is 81.9 Å². The molecule has 1 N–H and O–H groups in total. The largest absolute Gasteiger partial charge is 0.487 e. The molecule has 0 aliphatic heterocycles. The molecule has 0 aliphatic rings. The van der Waals surface area contributed by atoms with Crippen LogP contribution in [0.3, 0.4) is 0 Å². The van der Waals surface area contributed by atoms with Gasteiger partial charge in [0.15, 0.2) is 6.61 Å². The Kier molecular flexibility index (Phi) is 6.17. The van der Waals surface area contributed by atoms with Crippen molar-refractivity contribution in [2.45, 2.75) is 20.5 Å². The minimum Gasteiger partial charge on any atom is -0.487 e. The van der Waals surface area contributed by atoms with E-state index < -0.39 is 0 Å². The number of aryl methyl sites for hydroxylation is 2. The van der Waals surface area contributed by atoms with Crippen molar-refractivity contribution >= 4 is 17.2 Å². The highest BCUT2D eigenvalue weighted by atomic mass is 16.5. The van der Waals surface area contributed by atoms with Crippen LogP contribution in [0.15, 0.2) is 77.7 Å². The van der Waals surface area contributed by atoms with Gasteiger partial charge in [0, 0.05) is 24.0 Å². The van der Waals surface area contributed by atoms with Crippen molar-refractivity contribution in [2.75, 3.05) is 11.9 Å². The Balaban J connectivity index is 1.43. The van der Waals surface area contributed by atoms with Crippen LogP contribution < -0.4 is 20.3 Å². The lowest BCUT2D eigenvalue weighted by Gasteiger charge is -2.13. The average Bonchev–Trinajstić information content (AvgIpc) is 2.79. The summed E-state index contributed by atoms with van der Waals surface area (Å²) in [7, 11) is 0. The first-order chi connectivity index (χ1) is 15.5. The molecule has 4 aromatic rings. The van der Waals surface area contributed by atoms with E-state index in [1.54, 1.807) is 30.5 Å². The molecular weight excluding hydrogens is 406 g/mol. The number of hydrogen-bond donors (Lipinski definition) is 1. The quantitative estimate of drug-likeness (QED) is 0.482. The molecule has 2 aromatic carbocycles.